The predicted molar refractivity (Wildman–Crippen MR) is 117 cm³/mol. The number of nitrogens with zero attached hydrogens (tertiary/aromatic N) is 4. The summed E-state index contributed by atoms with van der Waals surface area (Å²) in [4.78, 5) is 34.5. The number of benzene rings is 1. The van der Waals surface area contributed by atoms with Gasteiger partial charge in [-0.15, -0.1) is 0 Å². The van der Waals surface area contributed by atoms with Crippen molar-refractivity contribution in [2.45, 2.75) is 44.1 Å². The largest absolute Gasteiger partial charge is 0.497 e. The fourth-order valence-corrected chi connectivity index (χ4v) is 4.43. The van der Waals surface area contributed by atoms with Gasteiger partial charge in [-0.25, -0.2) is 14.5 Å². The van der Waals surface area contributed by atoms with Gasteiger partial charge >= 0.3 is 6.03 Å². The van der Waals surface area contributed by atoms with Crippen molar-refractivity contribution in [3.05, 3.63) is 46.6 Å². The molecule has 3 heterocycles. The first-order chi connectivity index (χ1) is 15.1. The minimum Gasteiger partial charge on any atom is -0.497 e. The van der Waals surface area contributed by atoms with Gasteiger partial charge in [-0.2, -0.15) is 5.10 Å². The van der Waals surface area contributed by atoms with Crippen LogP contribution >= 0.6 is 0 Å². The molecule has 3 aromatic rings. The highest BCUT2D eigenvalue weighted by Crippen LogP contribution is 2.30. The third kappa shape index (κ3) is 3.75. The van der Waals surface area contributed by atoms with Crippen molar-refractivity contribution < 1.29 is 9.53 Å². The van der Waals surface area contributed by atoms with Crippen LogP contribution in [0.25, 0.3) is 11.0 Å². The number of methoxy groups -OCH3 is 1. The zero-order chi connectivity index (χ0) is 21.4. The Morgan fingerprint density at radius 1 is 1.16 bits per heavy atom. The second-order valence-electron chi connectivity index (χ2n) is 8.33. The van der Waals surface area contributed by atoms with Crippen molar-refractivity contribution in [1.82, 2.24) is 24.6 Å². The zero-order valence-corrected chi connectivity index (χ0v) is 17.5. The highest BCUT2D eigenvalue weighted by Gasteiger charge is 2.34. The summed E-state index contributed by atoms with van der Waals surface area (Å²) in [6.07, 6.45) is 7.39. The number of aromatic amines is 1. The van der Waals surface area contributed by atoms with Crippen molar-refractivity contribution >= 4 is 22.8 Å². The van der Waals surface area contributed by atoms with Crippen LogP contribution in [0.15, 0.2) is 35.3 Å². The molecule has 9 nitrogen and oxygen atoms in total. The number of H-pyrrole nitrogens is 1. The molecule has 2 fully saturated rings. The normalized spacial score (nSPS) is 17.5. The van der Waals surface area contributed by atoms with E-state index in [1.165, 1.54) is 19.3 Å². The van der Waals surface area contributed by atoms with Crippen LogP contribution in [0.1, 0.15) is 49.9 Å². The van der Waals surface area contributed by atoms with Crippen LogP contribution in [-0.2, 0) is 0 Å². The Bertz CT molecular complexity index is 1140. The monoisotopic (exact) mass is 422 g/mol. The lowest BCUT2D eigenvalue weighted by Gasteiger charge is -2.38. The first-order valence-corrected chi connectivity index (χ1v) is 10.8. The van der Waals surface area contributed by atoms with Crippen molar-refractivity contribution in [3.63, 3.8) is 0 Å². The molecular weight excluding hydrogens is 396 g/mol. The van der Waals surface area contributed by atoms with E-state index in [0.717, 1.165) is 18.6 Å². The summed E-state index contributed by atoms with van der Waals surface area (Å²) in [5.74, 6) is 1.37. The summed E-state index contributed by atoms with van der Waals surface area (Å²) in [5, 5.41) is 7.89. The molecule has 2 aliphatic rings. The van der Waals surface area contributed by atoms with Crippen LogP contribution in [0.3, 0.4) is 0 Å². The number of hydrogen-bond donors (Lipinski definition) is 2. The molecule has 2 N–H and O–H groups in total. The van der Waals surface area contributed by atoms with Gasteiger partial charge in [0, 0.05) is 18.8 Å². The average Bonchev–Trinajstić information content (AvgIpc) is 3.18. The third-order valence-electron chi connectivity index (χ3n) is 6.30. The van der Waals surface area contributed by atoms with Crippen molar-refractivity contribution in [1.29, 1.82) is 0 Å². The number of rotatable bonds is 4. The van der Waals surface area contributed by atoms with E-state index in [9.17, 15) is 9.59 Å². The Morgan fingerprint density at radius 3 is 2.61 bits per heavy atom. The van der Waals surface area contributed by atoms with Crippen LogP contribution in [-0.4, -0.2) is 50.9 Å². The van der Waals surface area contributed by atoms with Crippen LogP contribution in [0, 0.1) is 0 Å². The van der Waals surface area contributed by atoms with Crippen molar-refractivity contribution in [2.75, 3.05) is 25.5 Å². The molecule has 2 amide bonds. The highest BCUT2D eigenvalue weighted by molar-refractivity contribution is 5.90. The van der Waals surface area contributed by atoms with E-state index in [4.69, 9.17) is 9.72 Å². The summed E-state index contributed by atoms with van der Waals surface area (Å²) in [5.41, 5.74) is 1.20. The molecule has 0 atom stereocenters. The van der Waals surface area contributed by atoms with E-state index in [-0.39, 0.29) is 17.5 Å². The van der Waals surface area contributed by atoms with E-state index in [1.54, 1.807) is 42.5 Å². The van der Waals surface area contributed by atoms with Gasteiger partial charge in [0.2, 0.25) is 0 Å². The second-order valence-corrected chi connectivity index (χ2v) is 8.33. The Labute approximate surface area is 179 Å². The van der Waals surface area contributed by atoms with Gasteiger partial charge in [-0.3, -0.25) is 4.79 Å². The number of hydrogen-bond acceptors (Lipinski definition) is 5. The molecule has 5 rings (SSSR count). The Balaban J connectivity index is 1.28. The summed E-state index contributed by atoms with van der Waals surface area (Å²) in [7, 11) is 1.60. The minimum atomic E-state index is -0.169. The molecule has 2 aromatic heterocycles. The molecule has 1 saturated heterocycles. The van der Waals surface area contributed by atoms with Gasteiger partial charge in [0.15, 0.2) is 5.65 Å². The number of amides is 2. The van der Waals surface area contributed by atoms with Crippen LogP contribution in [0.4, 0.5) is 10.5 Å². The molecule has 0 bridgehead atoms. The lowest BCUT2D eigenvalue weighted by molar-refractivity contribution is 0.161. The van der Waals surface area contributed by atoms with Crippen molar-refractivity contribution in [3.8, 4) is 5.75 Å². The number of ether oxygens (including phenoxy) is 1. The number of nitrogens with one attached hydrogen (secondary N) is 2. The van der Waals surface area contributed by atoms with E-state index in [1.807, 2.05) is 4.68 Å². The topological polar surface area (TPSA) is 105 Å². The predicted octanol–water partition coefficient (Wildman–Crippen LogP) is 3.26. The molecule has 0 radical (unpaired) electrons. The number of fused-ring (bicyclic) bond motifs is 1. The maximum atomic E-state index is 12.6. The maximum Gasteiger partial charge on any atom is 0.321 e. The highest BCUT2D eigenvalue weighted by atomic mass is 16.5. The molecule has 31 heavy (non-hydrogen) atoms. The number of aromatic nitrogens is 4. The first-order valence-electron chi connectivity index (χ1n) is 10.8. The standard InChI is InChI=1S/C22H26N6O3/c1-31-17-9-7-15(8-10-17)24-22(30)27-12-14(13-27)19-25-20-18(21(29)26-19)11-23-28(20)16-5-3-2-4-6-16/h7-11,14,16H,2-6,12-13H2,1H3,(H,24,30)(H,25,26,29). The number of urea groups is 1. The lowest BCUT2D eigenvalue weighted by atomic mass is 9.96. The van der Waals surface area contributed by atoms with E-state index < -0.39 is 0 Å². The number of anilines is 1. The smallest absolute Gasteiger partial charge is 0.321 e. The molecule has 162 valence electrons. The minimum absolute atomic E-state index is 0.00780. The fourth-order valence-electron chi connectivity index (χ4n) is 4.43. The molecule has 1 aromatic carbocycles. The Kier molecular flexibility index (Phi) is 5.09. The average molecular weight is 422 g/mol. The van der Waals surface area contributed by atoms with Gasteiger partial charge in [0.05, 0.1) is 25.3 Å². The summed E-state index contributed by atoms with van der Waals surface area (Å²) < 4.78 is 7.06. The van der Waals surface area contributed by atoms with Crippen LogP contribution in [0.5, 0.6) is 5.75 Å². The quantitative estimate of drug-likeness (QED) is 0.671. The van der Waals surface area contributed by atoms with Crippen molar-refractivity contribution in [2.24, 2.45) is 0 Å². The molecular formula is C22H26N6O3. The molecule has 1 aliphatic heterocycles. The molecule has 0 unspecified atom stereocenters. The van der Waals surface area contributed by atoms with Gasteiger partial charge in [-0.1, -0.05) is 19.3 Å². The van der Waals surface area contributed by atoms with Crippen LogP contribution < -0.4 is 15.6 Å². The summed E-state index contributed by atoms with van der Waals surface area (Å²) in [6.45, 7) is 1.02. The van der Waals surface area contributed by atoms with Gasteiger partial charge < -0.3 is 19.9 Å². The molecule has 1 saturated carbocycles. The van der Waals surface area contributed by atoms with E-state index >= 15 is 0 Å². The Hall–Kier alpha value is -3.36. The number of carbonyl (C=O) groups excluding carboxylic acids is 1. The lowest BCUT2D eigenvalue weighted by Crippen LogP contribution is -2.51. The Morgan fingerprint density at radius 2 is 1.90 bits per heavy atom. The van der Waals surface area contributed by atoms with Gasteiger partial charge in [0.1, 0.15) is 17.0 Å². The van der Waals surface area contributed by atoms with E-state index in [0.29, 0.717) is 41.7 Å². The maximum absolute atomic E-state index is 12.6. The number of likely N-dealkylation sites (tertiary alicyclic amines) is 1. The van der Waals surface area contributed by atoms with E-state index in [2.05, 4.69) is 15.4 Å². The SMILES string of the molecule is COc1ccc(NC(=O)N2CC(c3nc4c(cnn4C4CCCCC4)c(=O)[nH]3)C2)cc1. The van der Waals surface area contributed by atoms with Gasteiger partial charge in [0.25, 0.3) is 5.56 Å². The van der Waals surface area contributed by atoms with Crippen LogP contribution in [0.2, 0.25) is 0 Å². The number of carbonyl (C=O) groups is 1. The fraction of sp³-hybridized carbons (Fsp3) is 0.455. The zero-order valence-electron chi connectivity index (χ0n) is 17.5. The second kappa shape index (κ2) is 8.05. The molecule has 0 spiro atoms. The first kappa shape index (κ1) is 19.6. The molecule has 1 aliphatic carbocycles. The van der Waals surface area contributed by atoms with Gasteiger partial charge in [-0.05, 0) is 37.1 Å². The summed E-state index contributed by atoms with van der Waals surface area (Å²) in [6, 6.07) is 7.33. The molecule has 9 heteroatoms. The summed E-state index contributed by atoms with van der Waals surface area (Å²) >= 11 is 0. The third-order valence-corrected chi connectivity index (χ3v) is 6.30.